The number of carbonyl (C=O) groups is 4. The summed E-state index contributed by atoms with van der Waals surface area (Å²) >= 11 is 0. The molecule has 0 bridgehead atoms. The van der Waals surface area contributed by atoms with E-state index in [0.29, 0.717) is 0 Å². The summed E-state index contributed by atoms with van der Waals surface area (Å²) in [7, 11) is 0. The van der Waals surface area contributed by atoms with E-state index in [4.69, 9.17) is 15.6 Å². The maximum atomic E-state index is 13.5. The van der Waals surface area contributed by atoms with Crippen LogP contribution in [0.2, 0.25) is 0 Å². The second-order valence-electron chi connectivity index (χ2n) is 6.06. The summed E-state index contributed by atoms with van der Waals surface area (Å²) in [5.74, 6) is -8.12. The van der Waals surface area contributed by atoms with Gasteiger partial charge in [-0.1, -0.05) is 19.9 Å². The molecule has 0 aromatic heterocycles. The van der Waals surface area contributed by atoms with E-state index < -0.39 is 65.9 Å². The first-order valence-corrected chi connectivity index (χ1v) is 7.96. The minimum Gasteiger partial charge on any atom is -0.482 e. The summed E-state index contributed by atoms with van der Waals surface area (Å²) in [6.45, 7) is 2.33. The molecule has 1 aromatic rings. The standard InChI is InChI=1S/C17H20F2N2O6/c1-8(2)15(20)17(26)21-10(6-13(23)24)16(25)11(22)7-27-12-5-3-4-9(18)14(12)19/h3-5,8,10,15H,6-7,20H2,1-2H3,(H,21,26)(H,23,24)/t10-,15-/m0/s1. The quantitative estimate of drug-likeness (QED) is 0.496. The van der Waals surface area contributed by atoms with Gasteiger partial charge in [0, 0.05) is 0 Å². The average molecular weight is 386 g/mol. The van der Waals surface area contributed by atoms with E-state index in [2.05, 4.69) is 5.32 Å². The van der Waals surface area contributed by atoms with Crippen molar-refractivity contribution in [1.29, 1.82) is 0 Å². The van der Waals surface area contributed by atoms with Gasteiger partial charge in [-0.05, 0) is 18.1 Å². The Hall–Kier alpha value is -2.88. The van der Waals surface area contributed by atoms with Gasteiger partial charge in [-0.2, -0.15) is 4.39 Å². The Morgan fingerprint density at radius 1 is 1.22 bits per heavy atom. The highest BCUT2D eigenvalue weighted by Crippen LogP contribution is 2.19. The van der Waals surface area contributed by atoms with Crippen LogP contribution in [0, 0.1) is 17.6 Å². The second-order valence-corrected chi connectivity index (χ2v) is 6.06. The van der Waals surface area contributed by atoms with Crippen molar-refractivity contribution in [2.45, 2.75) is 32.4 Å². The third-order valence-electron chi connectivity index (χ3n) is 3.58. The Morgan fingerprint density at radius 3 is 2.41 bits per heavy atom. The van der Waals surface area contributed by atoms with Crippen molar-refractivity contribution >= 4 is 23.4 Å². The molecule has 0 aliphatic heterocycles. The van der Waals surface area contributed by atoms with E-state index in [9.17, 15) is 28.0 Å². The second kappa shape index (κ2) is 9.72. The summed E-state index contributed by atoms with van der Waals surface area (Å²) in [4.78, 5) is 47.0. The van der Waals surface area contributed by atoms with Crippen molar-refractivity contribution in [2.24, 2.45) is 11.7 Å². The third-order valence-corrected chi connectivity index (χ3v) is 3.58. The highest BCUT2D eigenvalue weighted by molar-refractivity contribution is 6.40. The number of carbonyl (C=O) groups excluding carboxylic acids is 3. The van der Waals surface area contributed by atoms with E-state index in [1.807, 2.05) is 0 Å². The van der Waals surface area contributed by atoms with Gasteiger partial charge in [-0.25, -0.2) is 4.39 Å². The zero-order chi connectivity index (χ0) is 20.7. The molecule has 0 radical (unpaired) electrons. The molecule has 2 atom stereocenters. The minimum absolute atomic E-state index is 0.291. The Bertz CT molecular complexity index is 738. The van der Waals surface area contributed by atoms with Crippen LogP contribution in [0.15, 0.2) is 18.2 Å². The van der Waals surface area contributed by atoms with Crippen LogP contribution in [0.25, 0.3) is 0 Å². The van der Waals surface area contributed by atoms with Crippen LogP contribution in [0.4, 0.5) is 8.78 Å². The van der Waals surface area contributed by atoms with Gasteiger partial charge in [-0.3, -0.25) is 19.2 Å². The number of hydrogen-bond donors (Lipinski definition) is 3. The number of benzene rings is 1. The predicted molar refractivity (Wildman–Crippen MR) is 88.9 cm³/mol. The Morgan fingerprint density at radius 2 is 1.85 bits per heavy atom. The fraction of sp³-hybridized carbons (Fsp3) is 0.412. The van der Waals surface area contributed by atoms with Crippen molar-refractivity contribution in [3.63, 3.8) is 0 Å². The molecule has 1 rings (SSSR count). The smallest absolute Gasteiger partial charge is 0.305 e. The number of nitrogens with two attached hydrogens (primary N) is 1. The zero-order valence-electron chi connectivity index (χ0n) is 14.7. The number of carboxylic acids is 1. The van der Waals surface area contributed by atoms with Gasteiger partial charge in [0.1, 0.15) is 6.04 Å². The maximum Gasteiger partial charge on any atom is 0.305 e. The van der Waals surface area contributed by atoms with E-state index in [1.54, 1.807) is 13.8 Å². The van der Waals surface area contributed by atoms with Crippen LogP contribution < -0.4 is 15.8 Å². The molecule has 0 heterocycles. The monoisotopic (exact) mass is 386 g/mol. The van der Waals surface area contributed by atoms with Gasteiger partial charge in [0.25, 0.3) is 0 Å². The molecule has 27 heavy (non-hydrogen) atoms. The first kappa shape index (κ1) is 22.2. The third kappa shape index (κ3) is 6.41. The molecule has 0 saturated carbocycles. The number of ether oxygens (including phenoxy) is 1. The number of aliphatic carboxylic acids is 1. The maximum absolute atomic E-state index is 13.5. The summed E-state index contributed by atoms with van der Waals surface area (Å²) in [6, 6.07) is 0.357. The fourth-order valence-corrected chi connectivity index (χ4v) is 1.96. The van der Waals surface area contributed by atoms with Crippen LogP contribution in [0.5, 0.6) is 5.75 Å². The molecule has 1 aromatic carbocycles. The van der Waals surface area contributed by atoms with Crippen LogP contribution in [0.3, 0.4) is 0 Å². The Labute approximate surface area is 153 Å². The number of ketones is 2. The number of hydrogen-bond acceptors (Lipinski definition) is 6. The molecule has 4 N–H and O–H groups in total. The molecule has 10 heteroatoms. The Kier molecular flexibility index (Phi) is 7.98. The number of amides is 1. The molecule has 8 nitrogen and oxygen atoms in total. The number of carboxylic acid groups (broad SMARTS) is 1. The molecule has 1 amide bonds. The van der Waals surface area contributed by atoms with Crippen LogP contribution in [0.1, 0.15) is 20.3 Å². The predicted octanol–water partition coefficient (Wildman–Crippen LogP) is 0.425. The molecule has 0 unspecified atom stereocenters. The summed E-state index contributed by atoms with van der Waals surface area (Å²) in [5.41, 5.74) is 5.62. The summed E-state index contributed by atoms with van der Waals surface area (Å²) in [6.07, 6.45) is -0.852. The van der Waals surface area contributed by atoms with Crippen molar-refractivity contribution in [1.82, 2.24) is 5.32 Å². The first-order chi connectivity index (χ1) is 12.5. The van der Waals surface area contributed by atoms with Gasteiger partial charge in [0.2, 0.25) is 23.3 Å². The van der Waals surface area contributed by atoms with Gasteiger partial charge in [0.05, 0.1) is 12.5 Å². The normalized spacial score (nSPS) is 13.0. The van der Waals surface area contributed by atoms with Gasteiger partial charge in [-0.15, -0.1) is 0 Å². The lowest BCUT2D eigenvalue weighted by Gasteiger charge is -2.20. The molecular formula is C17H20F2N2O6. The lowest BCUT2D eigenvalue weighted by molar-refractivity contribution is -0.143. The molecule has 148 valence electrons. The van der Waals surface area contributed by atoms with Crippen molar-refractivity contribution in [3.05, 3.63) is 29.8 Å². The minimum atomic E-state index is -1.66. The van der Waals surface area contributed by atoms with Crippen molar-refractivity contribution < 1.29 is 37.8 Å². The lowest BCUT2D eigenvalue weighted by atomic mass is 10.0. The van der Waals surface area contributed by atoms with Crippen LogP contribution in [-0.2, 0) is 19.2 Å². The number of nitrogens with one attached hydrogen (secondary N) is 1. The molecule has 0 spiro atoms. The number of Topliss-reactive ketones (excluding diaryl/α,β-unsaturated/α-hetero) is 2. The van der Waals surface area contributed by atoms with Gasteiger partial charge < -0.3 is 20.9 Å². The topological polar surface area (TPSA) is 136 Å². The molecular weight excluding hydrogens is 366 g/mol. The van der Waals surface area contributed by atoms with Gasteiger partial charge in [0.15, 0.2) is 18.2 Å². The zero-order valence-corrected chi connectivity index (χ0v) is 14.7. The number of rotatable bonds is 10. The van der Waals surface area contributed by atoms with E-state index in [0.717, 1.165) is 18.2 Å². The molecule has 0 fully saturated rings. The summed E-state index contributed by atoms with van der Waals surface area (Å²) in [5, 5.41) is 11.0. The lowest BCUT2D eigenvalue weighted by Crippen LogP contribution is -2.52. The first-order valence-electron chi connectivity index (χ1n) is 7.96. The largest absolute Gasteiger partial charge is 0.482 e. The SMILES string of the molecule is CC(C)[C@H](N)C(=O)N[C@@H](CC(=O)O)C(=O)C(=O)COc1cccc(F)c1F. The fourth-order valence-electron chi connectivity index (χ4n) is 1.96. The van der Waals surface area contributed by atoms with Gasteiger partial charge >= 0.3 is 5.97 Å². The number of halogens is 2. The highest BCUT2D eigenvalue weighted by Gasteiger charge is 2.31. The van der Waals surface area contributed by atoms with Crippen molar-refractivity contribution in [2.75, 3.05) is 6.61 Å². The van der Waals surface area contributed by atoms with E-state index >= 15 is 0 Å². The average Bonchev–Trinajstić information content (AvgIpc) is 2.60. The van der Waals surface area contributed by atoms with Crippen molar-refractivity contribution in [3.8, 4) is 5.75 Å². The van der Waals surface area contributed by atoms with Crippen LogP contribution >= 0.6 is 0 Å². The van der Waals surface area contributed by atoms with E-state index in [1.165, 1.54) is 0 Å². The molecule has 0 saturated heterocycles. The highest BCUT2D eigenvalue weighted by atomic mass is 19.2. The van der Waals surface area contributed by atoms with E-state index in [-0.39, 0.29) is 5.92 Å². The molecule has 0 aliphatic rings. The molecule has 0 aliphatic carbocycles. The van der Waals surface area contributed by atoms with Crippen LogP contribution in [-0.4, -0.2) is 47.2 Å². The summed E-state index contributed by atoms with van der Waals surface area (Å²) < 4.78 is 31.3. The Balaban J connectivity index is 2.81.